The number of likely N-dealkylation sites (tertiary alicyclic amines) is 1. The van der Waals surface area contributed by atoms with E-state index in [4.69, 9.17) is 5.73 Å². The highest BCUT2D eigenvalue weighted by Crippen LogP contribution is 2.22. The Labute approximate surface area is 103 Å². The molecule has 2 N–H and O–H groups in total. The fraction of sp³-hybridized carbons (Fsp3) is 0.917. The molecule has 0 aromatic rings. The van der Waals surface area contributed by atoms with E-state index in [0.717, 1.165) is 25.1 Å². The number of nitrogens with zero attached hydrogens (tertiary/aromatic N) is 1. The van der Waals surface area contributed by atoms with Crippen molar-refractivity contribution in [3.05, 3.63) is 0 Å². The second-order valence-electron chi connectivity index (χ2n) is 4.91. The number of rotatable bonds is 4. The molecule has 0 aromatic carbocycles. The van der Waals surface area contributed by atoms with Gasteiger partial charge in [0.1, 0.15) is 0 Å². The Balaban J connectivity index is 2.50. The van der Waals surface area contributed by atoms with Crippen molar-refractivity contribution in [2.45, 2.75) is 45.2 Å². The highest BCUT2D eigenvalue weighted by Gasteiger charge is 2.29. The lowest BCUT2D eigenvalue weighted by atomic mass is 9.94. The van der Waals surface area contributed by atoms with Crippen LogP contribution >= 0.6 is 11.8 Å². The zero-order valence-electron chi connectivity index (χ0n) is 10.6. The highest BCUT2D eigenvalue weighted by atomic mass is 32.2. The minimum Gasteiger partial charge on any atom is -0.338 e. The summed E-state index contributed by atoms with van der Waals surface area (Å²) in [5.41, 5.74) is 5.94. The van der Waals surface area contributed by atoms with Crippen LogP contribution in [0.4, 0.5) is 0 Å². The van der Waals surface area contributed by atoms with Crippen LogP contribution in [-0.4, -0.2) is 41.4 Å². The van der Waals surface area contributed by atoms with Crippen molar-refractivity contribution < 1.29 is 4.79 Å². The van der Waals surface area contributed by atoms with Crippen molar-refractivity contribution in [3.8, 4) is 0 Å². The Morgan fingerprint density at radius 1 is 1.50 bits per heavy atom. The Bertz CT molecular complexity index is 235. The van der Waals surface area contributed by atoms with Crippen molar-refractivity contribution in [1.82, 2.24) is 4.90 Å². The van der Waals surface area contributed by atoms with Crippen LogP contribution < -0.4 is 5.73 Å². The van der Waals surface area contributed by atoms with Crippen molar-refractivity contribution in [1.29, 1.82) is 0 Å². The van der Waals surface area contributed by atoms with Gasteiger partial charge in [-0.05, 0) is 44.1 Å². The molecule has 94 valence electrons. The Morgan fingerprint density at radius 3 is 2.81 bits per heavy atom. The quantitative estimate of drug-likeness (QED) is 0.819. The monoisotopic (exact) mass is 244 g/mol. The lowest BCUT2D eigenvalue weighted by Gasteiger charge is -2.38. The van der Waals surface area contributed by atoms with Crippen LogP contribution in [0.5, 0.6) is 0 Å². The van der Waals surface area contributed by atoms with Crippen LogP contribution in [-0.2, 0) is 4.79 Å². The van der Waals surface area contributed by atoms with Crippen molar-refractivity contribution in [3.63, 3.8) is 0 Å². The number of thioether (sulfide) groups is 1. The molecule has 0 spiro atoms. The summed E-state index contributed by atoms with van der Waals surface area (Å²) in [5, 5.41) is 0. The summed E-state index contributed by atoms with van der Waals surface area (Å²) in [7, 11) is 0. The molecule has 3 atom stereocenters. The van der Waals surface area contributed by atoms with Crippen LogP contribution in [0.3, 0.4) is 0 Å². The van der Waals surface area contributed by atoms with E-state index >= 15 is 0 Å². The fourth-order valence-electron chi connectivity index (χ4n) is 2.18. The number of piperidine rings is 1. The summed E-state index contributed by atoms with van der Waals surface area (Å²) in [5.74, 6) is 1.73. The molecule has 16 heavy (non-hydrogen) atoms. The second-order valence-corrected chi connectivity index (χ2v) is 5.90. The predicted octanol–water partition coefficient (Wildman–Crippen LogP) is 1.71. The van der Waals surface area contributed by atoms with Crippen LogP contribution in [0.2, 0.25) is 0 Å². The fourth-order valence-corrected chi connectivity index (χ4v) is 2.67. The predicted molar refractivity (Wildman–Crippen MR) is 70.5 cm³/mol. The van der Waals surface area contributed by atoms with Crippen LogP contribution in [0.25, 0.3) is 0 Å². The lowest BCUT2D eigenvalue weighted by molar-refractivity contribution is -0.136. The van der Waals surface area contributed by atoms with Crippen molar-refractivity contribution >= 4 is 17.7 Å². The minimum atomic E-state index is -0.305. The van der Waals surface area contributed by atoms with Gasteiger partial charge in [-0.2, -0.15) is 11.8 Å². The van der Waals surface area contributed by atoms with Gasteiger partial charge in [0, 0.05) is 12.6 Å². The Kier molecular flexibility index (Phi) is 5.62. The average molecular weight is 244 g/mol. The lowest BCUT2D eigenvalue weighted by Crippen LogP contribution is -2.51. The van der Waals surface area contributed by atoms with Gasteiger partial charge in [-0.3, -0.25) is 4.79 Å². The summed E-state index contributed by atoms with van der Waals surface area (Å²) < 4.78 is 0. The number of amides is 1. The van der Waals surface area contributed by atoms with Gasteiger partial charge in [-0.15, -0.1) is 0 Å². The molecule has 0 radical (unpaired) electrons. The normalized spacial score (nSPS) is 27.9. The van der Waals surface area contributed by atoms with Crippen LogP contribution in [0, 0.1) is 5.92 Å². The average Bonchev–Trinajstić information content (AvgIpc) is 2.28. The molecular formula is C12H24N2OS. The van der Waals surface area contributed by atoms with E-state index in [2.05, 4.69) is 13.8 Å². The molecule has 4 heteroatoms. The largest absolute Gasteiger partial charge is 0.338 e. The first-order valence-electron chi connectivity index (χ1n) is 6.11. The maximum atomic E-state index is 12.2. The molecule has 1 aliphatic rings. The van der Waals surface area contributed by atoms with E-state index in [1.165, 1.54) is 6.42 Å². The third-order valence-electron chi connectivity index (χ3n) is 3.35. The molecule has 0 aromatic heterocycles. The van der Waals surface area contributed by atoms with Crippen molar-refractivity contribution in [2.75, 3.05) is 18.6 Å². The van der Waals surface area contributed by atoms with E-state index < -0.39 is 0 Å². The third-order valence-corrected chi connectivity index (χ3v) is 3.99. The highest BCUT2D eigenvalue weighted by molar-refractivity contribution is 7.98. The first-order valence-corrected chi connectivity index (χ1v) is 7.50. The smallest absolute Gasteiger partial charge is 0.239 e. The number of hydrogen-bond donors (Lipinski definition) is 1. The summed E-state index contributed by atoms with van der Waals surface area (Å²) >= 11 is 1.74. The molecule has 0 bridgehead atoms. The van der Waals surface area contributed by atoms with Crippen LogP contribution in [0.1, 0.15) is 33.1 Å². The van der Waals surface area contributed by atoms with E-state index in [0.29, 0.717) is 12.0 Å². The summed E-state index contributed by atoms with van der Waals surface area (Å²) in [4.78, 5) is 14.1. The Morgan fingerprint density at radius 2 is 2.19 bits per heavy atom. The van der Waals surface area contributed by atoms with E-state index in [1.807, 2.05) is 11.2 Å². The molecular weight excluding hydrogens is 220 g/mol. The minimum absolute atomic E-state index is 0.146. The first kappa shape index (κ1) is 13.8. The van der Waals surface area contributed by atoms with Gasteiger partial charge in [0.25, 0.3) is 0 Å². The Hall–Kier alpha value is -0.220. The van der Waals surface area contributed by atoms with Gasteiger partial charge in [-0.25, -0.2) is 0 Å². The molecule has 3 nitrogen and oxygen atoms in total. The van der Waals surface area contributed by atoms with Gasteiger partial charge < -0.3 is 10.6 Å². The number of hydrogen-bond acceptors (Lipinski definition) is 3. The zero-order valence-corrected chi connectivity index (χ0v) is 11.4. The molecule has 1 amide bonds. The number of nitrogens with two attached hydrogens (primary N) is 1. The molecule has 0 aliphatic carbocycles. The molecule has 0 saturated carbocycles. The molecule has 1 fully saturated rings. The molecule has 1 aliphatic heterocycles. The van der Waals surface area contributed by atoms with Crippen LogP contribution in [0.15, 0.2) is 0 Å². The topological polar surface area (TPSA) is 46.3 Å². The van der Waals surface area contributed by atoms with E-state index in [-0.39, 0.29) is 11.9 Å². The van der Waals surface area contributed by atoms with Crippen molar-refractivity contribution in [2.24, 2.45) is 11.7 Å². The van der Waals surface area contributed by atoms with Gasteiger partial charge in [0.2, 0.25) is 5.91 Å². The van der Waals surface area contributed by atoms with E-state index in [9.17, 15) is 4.79 Å². The second kappa shape index (κ2) is 6.50. The van der Waals surface area contributed by atoms with Gasteiger partial charge in [0.15, 0.2) is 0 Å². The van der Waals surface area contributed by atoms with Gasteiger partial charge >= 0.3 is 0 Å². The molecule has 1 rings (SSSR count). The molecule has 1 heterocycles. The zero-order chi connectivity index (χ0) is 12.1. The standard InChI is InChI=1S/C12H24N2OS/c1-9-4-5-10(2)14(8-9)12(15)11(13)6-7-16-3/h9-11H,4-8,13H2,1-3H3/t9?,10?,11-/m1/s1. The van der Waals surface area contributed by atoms with Gasteiger partial charge in [0.05, 0.1) is 6.04 Å². The maximum Gasteiger partial charge on any atom is 0.239 e. The summed E-state index contributed by atoms with van der Waals surface area (Å²) in [6, 6.07) is 0.0595. The maximum absolute atomic E-state index is 12.2. The molecule has 2 unspecified atom stereocenters. The third kappa shape index (κ3) is 3.67. The number of carbonyl (C=O) groups excluding carboxylic acids is 1. The SMILES string of the molecule is CSCC[C@@H](N)C(=O)N1CC(C)CCC1C. The summed E-state index contributed by atoms with van der Waals surface area (Å²) in [6.07, 6.45) is 5.17. The summed E-state index contributed by atoms with van der Waals surface area (Å²) in [6.45, 7) is 5.22. The first-order chi connectivity index (χ1) is 7.56. The molecule has 1 saturated heterocycles. The number of carbonyl (C=O) groups is 1. The van der Waals surface area contributed by atoms with E-state index in [1.54, 1.807) is 11.8 Å². The van der Waals surface area contributed by atoms with Gasteiger partial charge in [-0.1, -0.05) is 6.92 Å².